The molecule has 0 fully saturated rings. The number of nitrogens with one attached hydrogen (secondary N) is 1. The first-order chi connectivity index (χ1) is 12.5. The van der Waals surface area contributed by atoms with Crippen LogP contribution in [0.25, 0.3) is 0 Å². The fraction of sp³-hybridized carbons (Fsp3) is 0.450. The van der Waals surface area contributed by atoms with Gasteiger partial charge in [-0.1, -0.05) is 30.7 Å². The molecule has 2 unspecified atom stereocenters. The Bertz CT molecular complexity index is 687. The van der Waals surface area contributed by atoms with Crippen LogP contribution >= 0.6 is 11.8 Å². The van der Waals surface area contributed by atoms with Gasteiger partial charge in [0.05, 0.1) is 23.8 Å². The fourth-order valence-electron chi connectivity index (χ4n) is 2.83. The number of carbonyl (C=O) groups excluding carboxylic acids is 1. The molecule has 2 rings (SSSR count). The number of allylic oxidation sites excluding steroid dienone is 3. The van der Waals surface area contributed by atoms with Crippen LogP contribution < -0.4 is 10.2 Å². The van der Waals surface area contributed by atoms with E-state index in [2.05, 4.69) is 5.32 Å². The van der Waals surface area contributed by atoms with Gasteiger partial charge >= 0.3 is 0 Å². The SMILES string of the molecule is CC/C(=C\C=C(/C)OC)C1Sc2ccccc2N(CCNC)C(=O)C1O. The Hall–Kier alpha value is -1.76. The van der Waals surface area contributed by atoms with Gasteiger partial charge in [0.15, 0.2) is 0 Å². The van der Waals surface area contributed by atoms with E-state index in [1.54, 1.807) is 23.8 Å². The number of thioether (sulfide) groups is 1. The van der Waals surface area contributed by atoms with Gasteiger partial charge in [0.25, 0.3) is 5.91 Å². The number of methoxy groups -OCH3 is 1. The summed E-state index contributed by atoms with van der Waals surface area (Å²) in [6, 6.07) is 7.84. The smallest absolute Gasteiger partial charge is 0.257 e. The normalized spacial score (nSPS) is 21.4. The summed E-state index contributed by atoms with van der Waals surface area (Å²) in [6.07, 6.45) is 3.49. The lowest BCUT2D eigenvalue weighted by Gasteiger charge is -2.25. The van der Waals surface area contributed by atoms with Crippen LogP contribution in [0.5, 0.6) is 0 Å². The Morgan fingerprint density at radius 2 is 2.12 bits per heavy atom. The molecule has 0 bridgehead atoms. The number of benzene rings is 1. The molecule has 1 aliphatic heterocycles. The second-order valence-corrected chi connectivity index (χ2v) is 7.30. The van der Waals surface area contributed by atoms with E-state index in [0.717, 1.165) is 28.3 Å². The van der Waals surface area contributed by atoms with Crippen molar-refractivity contribution in [2.75, 3.05) is 32.1 Å². The van der Waals surface area contributed by atoms with E-state index in [9.17, 15) is 9.90 Å². The molecular weight excluding hydrogens is 348 g/mol. The molecule has 5 nitrogen and oxygen atoms in total. The number of carbonyl (C=O) groups is 1. The molecule has 0 radical (unpaired) electrons. The summed E-state index contributed by atoms with van der Waals surface area (Å²) >= 11 is 1.55. The van der Waals surface area contributed by atoms with E-state index in [-0.39, 0.29) is 11.2 Å². The Kier molecular flexibility index (Phi) is 7.75. The predicted octanol–water partition coefficient (Wildman–Crippen LogP) is 2.96. The number of hydrogen-bond donors (Lipinski definition) is 2. The molecule has 1 aromatic carbocycles. The van der Waals surface area contributed by atoms with Crippen molar-refractivity contribution in [2.24, 2.45) is 0 Å². The van der Waals surface area contributed by atoms with Gasteiger partial charge in [-0.25, -0.2) is 0 Å². The van der Waals surface area contributed by atoms with E-state index in [1.807, 2.05) is 57.3 Å². The molecular formula is C20H28N2O3S. The third kappa shape index (κ3) is 4.69. The molecule has 2 N–H and O–H groups in total. The average molecular weight is 377 g/mol. The third-order valence-electron chi connectivity index (χ3n) is 4.43. The summed E-state index contributed by atoms with van der Waals surface area (Å²) in [5.41, 5.74) is 1.87. The topological polar surface area (TPSA) is 61.8 Å². The van der Waals surface area contributed by atoms with Crippen LogP contribution in [0.1, 0.15) is 20.3 Å². The maximum atomic E-state index is 13.0. The number of amides is 1. The molecule has 0 aromatic heterocycles. The van der Waals surface area contributed by atoms with Crippen molar-refractivity contribution in [1.82, 2.24) is 5.32 Å². The van der Waals surface area contributed by atoms with Crippen molar-refractivity contribution in [3.8, 4) is 0 Å². The van der Waals surface area contributed by atoms with Crippen molar-refractivity contribution in [2.45, 2.75) is 36.5 Å². The number of aliphatic hydroxyl groups is 1. The predicted molar refractivity (Wildman–Crippen MR) is 108 cm³/mol. The zero-order chi connectivity index (χ0) is 19.1. The van der Waals surface area contributed by atoms with Crippen LogP contribution in [0.15, 0.2) is 52.6 Å². The standard InChI is InChI=1S/C20H28N2O3S/c1-5-15(11-10-14(2)25-4)19-18(23)20(24)22(13-12-21-3)16-8-6-7-9-17(16)26-19/h6-11,18-19,21,23H,5,12-13H2,1-4H3/b14-10+,15-11+. The Balaban J connectivity index is 2.43. The minimum Gasteiger partial charge on any atom is -0.501 e. The summed E-state index contributed by atoms with van der Waals surface area (Å²) in [5.74, 6) is 0.529. The molecule has 0 saturated carbocycles. The van der Waals surface area contributed by atoms with Gasteiger partial charge in [0.2, 0.25) is 0 Å². The quantitative estimate of drug-likeness (QED) is 0.566. The van der Waals surface area contributed by atoms with Crippen LogP contribution in [0.4, 0.5) is 5.69 Å². The number of nitrogens with zero attached hydrogens (tertiary/aromatic N) is 1. The highest BCUT2D eigenvalue weighted by Gasteiger charge is 2.37. The molecule has 142 valence electrons. The maximum absolute atomic E-state index is 13.0. The second-order valence-electron chi connectivity index (χ2n) is 6.12. The molecule has 0 spiro atoms. The number of likely N-dealkylation sites (N-methyl/N-ethyl adjacent to an activating group) is 1. The van der Waals surface area contributed by atoms with E-state index >= 15 is 0 Å². The summed E-state index contributed by atoms with van der Waals surface area (Å²) < 4.78 is 5.19. The lowest BCUT2D eigenvalue weighted by Crippen LogP contribution is -2.45. The second kappa shape index (κ2) is 9.80. The van der Waals surface area contributed by atoms with Crippen LogP contribution in [0.3, 0.4) is 0 Å². The lowest BCUT2D eigenvalue weighted by atomic mass is 10.0. The van der Waals surface area contributed by atoms with Crippen LogP contribution in [-0.2, 0) is 9.53 Å². The molecule has 1 aliphatic rings. The van der Waals surface area contributed by atoms with E-state index in [0.29, 0.717) is 13.1 Å². The van der Waals surface area contributed by atoms with Crippen molar-refractivity contribution >= 4 is 23.4 Å². The van der Waals surface area contributed by atoms with Crippen molar-refractivity contribution < 1.29 is 14.6 Å². The maximum Gasteiger partial charge on any atom is 0.257 e. The first kappa shape index (κ1) is 20.6. The number of fused-ring (bicyclic) bond motifs is 1. The minimum atomic E-state index is -1.09. The van der Waals surface area contributed by atoms with E-state index < -0.39 is 6.10 Å². The Labute approximate surface area is 160 Å². The zero-order valence-corrected chi connectivity index (χ0v) is 16.7. The summed E-state index contributed by atoms with van der Waals surface area (Å²) in [7, 11) is 3.48. The number of hydrogen-bond acceptors (Lipinski definition) is 5. The molecule has 0 aliphatic carbocycles. The highest BCUT2D eigenvalue weighted by atomic mass is 32.2. The van der Waals surface area contributed by atoms with Crippen molar-refractivity contribution in [3.63, 3.8) is 0 Å². The Morgan fingerprint density at radius 1 is 1.38 bits per heavy atom. The number of aliphatic hydroxyl groups excluding tert-OH is 1. The number of rotatable bonds is 7. The van der Waals surface area contributed by atoms with Crippen LogP contribution in [-0.4, -0.2) is 49.6 Å². The van der Waals surface area contributed by atoms with Gasteiger partial charge in [-0.3, -0.25) is 4.79 Å². The van der Waals surface area contributed by atoms with E-state index in [1.165, 1.54) is 0 Å². The third-order valence-corrected chi connectivity index (χ3v) is 5.84. The first-order valence-corrected chi connectivity index (χ1v) is 9.72. The summed E-state index contributed by atoms with van der Waals surface area (Å²) in [4.78, 5) is 15.7. The Morgan fingerprint density at radius 3 is 2.77 bits per heavy atom. The van der Waals surface area contributed by atoms with Gasteiger partial charge in [-0.05, 0) is 38.6 Å². The molecule has 1 aromatic rings. The highest BCUT2D eigenvalue weighted by Crippen LogP contribution is 2.41. The van der Waals surface area contributed by atoms with Gasteiger partial charge in [-0.2, -0.15) is 0 Å². The summed E-state index contributed by atoms with van der Waals surface area (Å²) in [6.45, 7) is 5.09. The highest BCUT2D eigenvalue weighted by molar-refractivity contribution is 8.00. The molecule has 1 amide bonds. The lowest BCUT2D eigenvalue weighted by molar-refractivity contribution is -0.126. The van der Waals surface area contributed by atoms with Gasteiger partial charge in [0.1, 0.15) is 6.10 Å². The van der Waals surface area contributed by atoms with Gasteiger partial charge in [-0.15, -0.1) is 11.8 Å². The number of ether oxygens (including phenoxy) is 1. The number of para-hydroxylation sites is 1. The average Bonchev–Trinajstić information content (AvgIpc) is 2.76. The van der Waals surface area contributed by atoms with E-state index in [4.69, 9.17) is 4.74 Å². The monoisotopic (exact) mass is 376 g/mol. The van der Waals surface area contributed by atoms with Crippen LogP contribution in [0.2, 0.25) is 0 Å². The zero-order valence-electron chi connectivity index (χ0n) is 15.9. The van der Waals surface area contributed by atoms with Crippen molar-refractivity contribution in [3.05, 3.63) is 47.7 Å². The number of anilines is 1. The molecule has 0 saturated heterocycles. The first-order valence-electron chi connectivity index (χ1n) is 8.84. The largest absolute Gasteiger partial charge is 0.501 e. The van der Waals surface area contributed by atoms with Crippen LogP contribution in [0, 0.1) is 0 Å². The van der Waals surface area contributed by atoms with Gasteiger partial charge < -0.3 is 20.1 Å². The fourth-order valence-corrected chi connectivity index (χ4v) is 4.20. The molecule has 1 heterocycles. The summed E-state index contributed by atoms with van der Waals surface area (Å²) in [5, 5.41) is 13.6. The van der Waals surface area contributed by atoms with Gasteiger partial charge in [0, 0.05) is 18.0 Å². The van der Waals surface area contributed by atoms with Crippen molar-refractivity contribution in [1.29, 1.82) is 0 Å². The molecule has 2 atom stereocenters. The molecule has 26 heavy (non-hydrogen) atoms. The molecule has 6 heteroatoms. The minimum absolute atomic E-state index is 0.255.